The maximum absolute atomic E-state index is 4.21. The van der Waals surface area contributed by atoms with Crippen LogP contribution in [-0.4, -0.2) is 28.0 Å². The van der Waals surface area contributed by atoms with Crippen molar-refractivity contribution >= 4 is 10.2 Å². The van der Waals surface area contributed by atoms with E-state index in [4.69, 9.17) is 0 Å². The highest BCUT2D eigenvalue weighted by atomic mass is 28.1. The van der Waals surface area contributed by atoms with Crippen molar-refractivity contribution in [2.24, 2.45) is 0 Å². The van der Waals surface area contributed by atoms with Crippen molar-refractivity contribution < 1.29 is 0 Å². The molecule has 0 saturated carbocycles. The van der Waals surface area contributed by atoms with Gasteiger partial charge in [0.1, 0.15) is 0 Å². The van der Waals surface area contributed by atoms with Gasteiger partial charge < -0.3 is 0 Å². The highest BCUT2D eigenvalue weighted by Gasteiger charge is 2.28. The van der Waals surface area contributed by atoms with E-state index in [1.165, 1.54) is 30.9 Å². The quantitative estimate of drug-likeness (QED) is 0.488. The molecule has 0 aliphatic heterocycles. The molecular weight excluding hydrogens is 224 g/mol. The maximum Gasteiger partial charge on any atom is 0.0835 e. The monoisotopic (exact) mass is 256 g/mol. The van der Waals surface area contributed by atoms with Crippen molar-refractivity contribution in [3.05, 3.63) is 11.8 Å². The van der Waals surface area contributed by atoms with Crippen molar-refractivity contribution in [3.8, 4) is 0 Å². The molecule has 102 valence electrons. The van der Waals surface area contributed by atoms with E-state index >= 15 is 0 Å². The Kier molecular flexibility index (Phi) is 8.00. The first-order chi connectivity index (χ1) is 7.93. The van der Waals surface area contributed by atoms with Gasteiger partial charge >= 0.3 is 0 Å². The lowest BCUT2D eigenvalue weighted by Crippen LogP contribution is -2.61. The second-order valence-corrected chi connectivity index (χ2v) is 6.43. The van der Waals surface area contributed by atoms with Crippen molar-refractivity contribution in [2.45, 2.75) is 78.0 Å². The summed E-state index contributed by atoms with van der Waals surface area (Å²) in [5.74, 6) is 0. The van der Waals surface area contributed by atoms with Gasteiger partial charge in [-0.05, 0) is 32.6 Å². The molecule has 0 aromatic carbocycles. The lowest BCUT2D eigenvalue weighted by Gasteiger charge is -2.39. The molecule has 0 rings (SSSR count). The molecule has 0 radical (unpaired) electrons. The Bertz CT molecular complexity index is 206. The Morgan fingerprint density at radius 1 is 1.00 bits per heavy atom. The highest BCUT2D eigenvalue weighted by Crippen LogP contribution is 2.15. The van der Waals surface area contributed by atoms with Crippen LogP contribution in [0, 0.1) is 0 Å². The van der Waals surface area contributed by atoms with Crippen LogP contribution >= 0.6 is 0 Å². The van der Waals surface area contributed by atoms with Gasteiger partial charge in [-0.3, -0.25) is 10.6 Å². The number of hydrogen-bond donors (Lipinski definition) is 2. The molecule has 2 N–H and O–H groups in total. The van der Waals surface area contributed by atoms with Crippen LogP contribution in [0.5, 0.6) is 0 Å². The van der Waals surface area contributed by atoms with Gasteiger partial charge in [-0.1, -0.05) is 32.9 Å². The zero-order chi connectivity index (χ0) is 13.5. The van der Waals surface area contributed by atoms with E-state index in [2.05, 4.69) is 51.8 Å². The molecule has 0 atom stereocenters. The van der Waals surface area contributed by atoms with Crippen LogP contribution in [0.25, 0.3) is 0 Å². The molecule has 0 amide bonds. The predicted octanol–water partition coefficient (Wildman–Crippen LogP) is 2.14. The fourth-order valence-electron chi connectivity index (χ4n) is 2.09. The van der Waals surface area contributed by atoms with Crippen molar-refractivity contribution in [3.63, 3.8) is 0 Å². The van der Waals surface area contributed by atoms with Crippen molar-refractivity contribution in [1.82, 2.24) is 10.6 Å². The van der Waals surface area contributed by atoms with Crippen LogP contribution in [0.3, 0.4) is 0 Å². The molecule has 2 nitrogen and oxygen atoms in total. The summed E-state index contributed by atoms with van der Waals surface area (Å²) in [4.78, 5) is 0. The Morgan fingerprint density at radius 3 is 1.47 bits per heavy atom. The molecule has 0 unspecified atom stereocenters. The standard InChI is InChI=1S/C14H32N2Si/c1-7-12(8-2)15-14(6,11(5)17)16-13(9-3)10-4/h12-13,15-16H,5,7-10H2,1-4,6,17H3. The average molecular weight is 257 g/mol. The van der Waals surface area contributed by atoms with Gasteiger partial charge in [0.05, 0.1) is 5.66 Å². The van der Waals surface area contributed by atoms with E-state index in [0.717, 1.165) is 10.2 Å². The summed E-state index contributed by atoms with van der Waals surface area (Å²) in [7, 11) is 1.03. The first-order valence-corrected chi connectivity index (χ1v) is 8.14. The van der Waals surface area contributed by atoms with Crippen LogP contribution in [-0.2, 0) is 0 Å². The van der Waals surface area contributed by atoms with E-state index in [0.29, 0.717) is 12.1 Å². The molecule has 0 aliphatic rings. The van der Waals surface area contributed by atoms with Crippen LogP contribution in [0.2, 0.25) is 0 Å². The Labute approximate surface area is 111 Å². The first kappa shape index (κ1) is 16.9. The zero-order valence-electron chi connectivity index (χ0n) is 12.7. The van der Waals surface area contributed by atoms with Gasteiger partial charge in [-0.15, -0.1) is 6.58 Å². The second-order valence-electron chi connectivity index (χ2n) is 5.22. The van der Waals surface area contributed by atoms with Crippen LogP contribution in [0.4, 0.5) is 0 Å². The smallest absolute Gasteiger partial charge is 0.0835 e. The third kappa shape index (κ3) is 5.36. The minimum atomic E-state index is -0.0837. The summed E-state index contributed by atoms with van der Waals surface area (Å²) in [6.45, 7) is 15.4. The molecule has 0 saturated heterocycles. The lowest BCUT2D eigenvalue weighted by atomic mass is 10.0. The number of rotatable bonds is 9. The van der Waals surface area contributed by atoms with Gasteiger partial charge in [0.2, 0.25) is 0 Å². The Morgan fingerprint density at radius 2 is 1.29 bits per heavy atom. The topological polar surface area (TPSA) is 24.1 Å². The third-order valence-electron chi connectivity index (χ3n) is 3.81. The van der Waals surface area contributed by atoms with E-state index in [9.17, 15) is 0 Å². The molecular formula is C14H32N2Si. The molecule has 0 aromatic rings. The van der Waals surface area contributed by atoms with E-state index < -0.39 is 0 Å². The highest BCUT2D eigenvalue weighted by molar-refractivity contribution is 6.22. The minimum Gasteiger partial charge on any atom is -0.294 e. The summed E-state index contributed by atoms with van der Waals surface area (Å²) < 4.78 is 0. The van der Waals surface area contributed by atoms with Gasteiger partial charge in [0, 0.05) is 22.3 Å². The van der Waals surface area contributed by atoms with Gasteiger partial charge in [0.25, 0.3) is 0 Å². The lowest BCUT2D eigenvalue weighted by molar-refractivity contribution is 0.257. The fourth-order valence-corrected chi connectivity index (χ4v) is 2.38. The minimum absolute atomic E-state index is 0.0837. The Hall–Kier alpha value is -0.123. The predicted molar refractivity (Wildman–Crippen MR) is 82.5 cm³/mol. The maximum atomic E-state index is 4.21. The van der Waals surface area contributed by atoms with E-state index in [1.807, 2.05) is 0 Å². The summed E-state index contributed by atoms with van der Waals surface area (Å²) >= 11 is 0. The van der Waals surface area contributed by atoms with Crippen LogP contribution in [0.15, 0.2) is 11.8 Å². The number of nitrogens with one attached hydrogen (secondary N) is 2. The van der Waals surface area contributed by atoms with Gasteiger partial charge in [-0.2, -0.15) is 0 Å². The van der Waals surface area contributed by atoms with Crippen LogP contribution < -0.4 is 10.6 Å². The third-order valence-corrected chi connectivity index (χ3v) is 4.81. The molecule has 0 aromatic heterocycles. The van der Waals surface area contributed by atoms with Gasteiger partial charge in [0.15, 0.2) is 0 Å². The van der Waals surface area contributed by atoms with Crippen molar-refractivity contribution in [1.29, 1.82) is 0 Å². The van der Waals surface area contributed by atoms with E-state index in [1.54, 1.807) is 0 Å². The molecule has 3 heteroatoms. The number of hydrogen-bond acceptors (Lipinski definition) is 2. The molecule has 0 fully saturated rings. The summed E-state index contributed by atoms with van der Waals surface area (Å²) in [5, 5.41) is 8.81. The zero-order valence-corrected chi connectivity index (χ0v) is 14.7. The molecule has 0 heterocycles. The van der Waals surface area contributed by atoms with Crippen molar-refractivity contribution in [2.75, 3.05) is 0 Å². The molecule has 0 aliphatic carbocycles. The van der Waals surface area contributed by atoms with Gasteiger partial charge in [-0.25, -0.2) is 0 Å². The summed E-state index contributed by atoms with van der Waals surface area (Å²) in [6, 6.07) is 1.15. The van der Waals surface area contributed by atoms with Crippen LogP contribution in [0.1, 0.15) is 60.3 Å². The average Bonchev–Trinajstić information content (AvgIpc) is 2.32. The largest absolute Gasteiger partial charge is 0.294 e. The SMILES string of the molecule is C=C([SiH3])C(C)(NC(CC)CC)NC(CC)CC. The fraction of sp³-hybridized carbons (Fsp3) is 0.857. The Balaban J connectivity index is 4.71. The molecule has 0 spiro atoms. The van der Waals surface area contributed by atoms with E-state index in [-0.39, 0.29) is 5.66 Å². The molecule has 17 heavy (non-hydrogen) atoms. The second kappa shape index (κ2) is 8.06. The first-order valence-electron chi connectivity index (χ1n) is 7.14. The summed E-state index contributed by atoms with van der Waals surface area (Å²) in [6.07, 6.45) is 4.69. The normalized spacial score (nSPS) is 12.6. The molecule has 0 bridgehead atoms. The summed E-state index contributed by atoms with van der Waals surface area (Å²) in [5.41, 5.74) is -0.0837.